The Bertz CT molecular complexity index is 167. The van der Waals surface area contributed by atoms with Gasteiger partial charge in [0.25, 0.3) is 0 Å². The highest BCUT2D eigenvalue weighted by atomic mass is 32.2. The fraction of sp³-hybridized carbons (Fsp3) is 0.625. The molecule has 0 saturated heterocycles. The molecule has 0 bridgehead atoms. The summed E-state index contributed by atoms with van der Waals surface area (Å²) in [6.07, 6.45) is 7.16. The van der Waals surface area contributed by atoms with Gasteiger partial charge in [0.1, 0.15) is 0 Å². The average molecular weight is 171 g/mol. The molecular weight excluding hydrogens is 158 g/mol. The summed E-state index contributed by atoms with van der Waals surface area (Å²) in [4.78, 5) is 13.2. The molecule has 0 aromatic carbocycles. The van der Waals surface area contributed by atoms with E-state index in [0.717, 1.165) is 19.5 Å². The minimum atomic E-state index is 0.266. The molecule has 1 rings (SSSR count). The van der Waals surface area contributed by atoms with Crippen LogP contribution in [-0.4, -0.2) is 35.9 Å². The summed E-state index contributed by atoms with van der Waals surface area (Å²) in [5.41, 5.74) is 0. The van der Waals surface area contributed by atoms with Gasteiger partial charge in [-0.1, -0.05) is 12.2 Å². The van der Waals surface area contributed by atoms with Crippen molar-refractivity contribution < 1.29 is 4.79 Å². The average Bonchev–Trinajstić information content (AvgIpc) is 2.07. The molecule has 1 heterocycles. The van der Waals surface area contributed by atoms with Crippen molar-refractivity contribution in [3.8, 4) is 0 Å². The van der Waals surface area contributed by atoms with E-state index >= 15 is 0 Å². The highest BCUT2D eigenvalue weighted by Crippen LogP contribution is 2.04. The molecule has 0 aromatic heterocycles. The van der Waals surface area contributed by atoms with Gasteiger partial charge in [-0.25, -0.2) is 0 Å². The van der Waals surface area contributed by atoms with E-state index < -0.39 is 0 Å². The zero-order valence-electron chi connectivity index (χ0n) is 6.75. The molecule has 3 heteroatoms. The summed E-state index contributed by atoms with van der Waals surface area (Å²) in [6, 6.07) is 0. The zero-order chi connectivity index (χ0) is 8.10. The predicted octanol–water partition coefficient (Wildman–Crippen LogP) is 1.14. The lowest BCUT2D eigenvalue weighted by atomic mass is 10.2. The Kier molecular flexibility index (Phi) is 3.49. The third kappa shape index (κ3) is 2.58. The second kappa shape index (κ2) is 4.44. The summed E-state index contributed by atoms with van der Waals surface area (Å²) in [5, 5.41) is 0. The van der Waals surface area contributed by atoms with Gasteiger partial charge in [0, 0.05) is 13.1 Å². The Morgan fingerprint density at radius 1 is 1.64 bits per heavy atom. The SMILES string of the molecule is CSCC(=O)N1CC=CCC1. The summed E-state index contributed by atoms with van der Waals surface area (Å²) >= 11 is 1.59. The van der Waals surface area contributed by atoms with E-state index in [9.17, 15) is 4.79 Å². The minimum Gasteiger partial charge on any atom is -0.338 e. The number of hydrogen-bond donors (Lipinski definition) is 0. The molecule has 0 N–H and O–H groups in total. The molecule has 0 spiro atoms. The molecule has 0 saturated carbocycles. The van der Waals surface area contributed by atoms with Crippen molar-refractivity contribution in [2.24, 2.45) is 0 Å². The van der Waals surface area contributed by atoms with E-state index in [-0.39, 0.29) is 5.91 Å². The number of rotatable bonds is 2. The topological polar surface area (TPSA) is 20.3 Å². The van der Waals surface area contributed by atoms with Crippen LogP contribution in [0.3, 0.4) is 0 Å². The standard InChI is InChI=1S/C8H13NOS/c1-11-7-8(10)9-5-3-2-4-6-9/h2-3H,4-7H2,1H3. The quantitative estimate of drug-likeness (QED) is 0.581. The number of carbonyl (C=O) groups is 1. The molecule has 0 fully saturated rings. The van der Waals surface area contributed by atoms with Crippen LogP contribution in [0.1, 0.15) is 6.42 Å². The fourth-order valence-electron chi connectivity index (χ4n) is 1.08. The second-order valence-electron chi connectivity index (χ2n) is 2.53. The van der Waals surface area contributed by atoms with Gasteiger partial charge in [-0.15, -0.1) is 0 Å². The second-order valence-corrected chi connectivity index (χ2v) is 3.40. The van der Waals surface area contributed by atoms with Crippen LogP contribution in [0.4, 0.5) is 0 Å². The van der Waals surface area contributed by atoms with Crippen LogP contribution >= 0.6 is 11.8 Å². The van der Waals surface area contributed by atoms with Crippen LogP contribution in [0.2, 0.25) is 0 Å². The molecule has 0 atom stereocenters. The largest absolute Gasteiger partial charge is 0.338 e. The van der Waals surface area contributed by atoms with Gasteiger partial charge in [0.05, 0.1) is 5.75 Å². The maximum absolute atomic E-state index is 11.3. The van der Waals surface area contributed by atoms with Gasteiger partial charge in [0.15, 0.2) is 0 Å². The predicted molar refractivity (Wildman–Crippen MR) is 48.7 cm³/mol. The maximum atomic E-state index is 11.3. The molecule has 1 amide bonds. The normalized spacial score (nSPS) is 17.0. The molecule has 1 aliphatic heterocycles. The van der Waals surface area contributed by atoms with Gasteiger partial charge < -0.3 is 4.90 Å². The first-order valence-corrected chi connectivity index (χ1v) is 5.15. The van der Waals surface area contributed by atoms with Crippen LogP contribution < -0.4 is 0 Å². The summed E-state index contributed by atoms with van der Waals surface area (Å²) < 4.78 is 0. The van der Waals surface area contributed by atoms with Crippen LogP contribution in [0, 0.1) is 0 Å². The van der Waals surface area contributed by atoms with Gasteiger partial charge in [0.2, 0.25) is 5.91 Å². The molecule has 2 nitrogen and oxygen atoms in total. The van der Waals surface area contributed by atoms with Crippen LogP contribution in [0.25, 0.3) is 0 Å². The molecule has 0 aromatic rings. The van der Waals surface area contributed by atoms with Gasteiger partial charge >= 0.3 is 0 Å². The highest BCUT2D eigenvalue weighted by Gasteiger charge is 2.11. The Morgan fingerprint density at radius 3 is 3.00 bits per heavy atom. The molecular formula is C8H13NOS. The lowest BCUT2D eigenvalue weighted by molar-refractivity contribution is -0.127. The van der Waals surface area contributed by atoms with Crippen molar-refractivity contribution in [2.45, 2.75) is 6.42 Å². The first-order chi connectivity index (χ1) is 5.34. The smallest absolute Gasteiger partial charge is 0.232 e. The fourth-order valence-corrected chi connectivity index (χ4v) is 1.51. The lowest BCUT2D eigenvalue weighted by Gasteiger charge is -2.22. The van der Waals surface area contributed by atoms with E-state index in [1.165, 1.54) is 0 Å². The number of carbonyl (C=O) groups excluding carboxylic acids is 1. The van der Waals surface area contributed by atoms with Crippen molar-refractivity contribution in [2.75, 3.05) is 25.1 Å². The Labute approximate surface area is 71.6 Å². The number of amides is 1. The van der Waals surface area contributed by atoms with Crippen molar-refractivity contribution >= 4 is 17.7 Å². The van der Waals surface area contributed by atoms with E-state index in [2.05, 4.69) is 12.2 Å². The zero-order valence-corrected chi connectivity index (χ0v) is 7.56. The van der Waals surface area contributed by atoms with E-state index in [0.29, 0.717) is 5.75 Å². The number of thioether (sulfide) groups is 1. The first kappa shape index (κ1) is 8.65. The number of nitrogens with zero attached hydrogens (tertiary/aromatic N) is 1. The lowest BCUT2D eigenvalue weighted by Crippen LogP contribution is -2.34. The summed E-state index contributed by atoms with van der Waals surface area (Å²) in [6.45, 7) is 1.70. The van der Waals surface area contributed by atoms with Crippen LogP contribution in [0.5, 0.6) is 0 Å². The number of hydrogen-bond acceptors (Lipinski definition) is 2. The monoisotopic (exact) mass is 171 g/mol. The van der Waals surface area contributed by atoms with E-state index in [4.69, 9.17) is 0 Å². The van der Waals surface area contributed by atoms with Crippen LogP contribution in [-0.2, 0) is 4.79 Å². The van der Waals surface area contributed by atoms with Crippen molar-refractivity contribution in [1.29, 1.82) is 0 Å². The summed E-state index contributed by atoms with van der Waals surface area (Å²) in [7, 11) is 0. The maximum Gasteiger partial charge on any atom is 0.232 e. The molecule has 0 aliphatic carbocycles. The molecule has 11 heavy (non-hydrogen) atoms. The van der Waals surface area contributed by atoms with Crippen LogP contribution in [0.15, 0.2) is 12.2 Å². The summed E-state index contributed by atoms with van der Waals surface area (Å²) in [5.74, 6) is 0.884. The Hall–Kier alpha value is -0.440. The third-order valence-electron chi connectivity index (χ3n) is 1.68. The Balaban J connectivity index is 2.34. The molecule has 1 aliphatic rings. The minimum absolute atomic E-state index is 0.266. The highest BCUT2D eigenvalue weighted by molar-refractivity contribution is 7.99. The van der Waals surface area contributed by atoms with E-state index in [1.54, 1.807) is 11.8 Å². The van der Waals surface area contributed by atoms with E-state index in [1.807, 2.05) is 11.2 Å². The molecule has 62 valence electrons. The molecule has 0 unspecified atom stereocenters. The third-order valence-corrected chi connectivity index (χ3v) is 2.21. The van der Waals surface area contributed by atoms with Gasteiger partial charge in [-0.3, -0.25) is 4.79 Å². The van der Waals surface area contributed by atoms with Crippen molar-refractivity contribution in [3.63, 3.8) is 0 Å². The Morgan fingerprint density at radius 2 is 2.45 bits per heavy atom. The van der Waals surface area contributed by atoms with Crippen molar-refractivity contribution in [3.05, 3.63) is 12.2 Å². The molecule has 0 radical (unpaired) electrons. The van der Waals surface area contributed by atoms with Gasteiger partial charge in [-0.05, 0) is 12.7 Å². The van der Waals surface area contributed by atoms with Crippen molar-refractivity contribution in [1.82, 2.24) is 4.90 Å². The first-order valence-electron chi connectivity index (χ1n) is 3.76. The van der Waals surface area contributed by atoms with Gasteiger partial charge in [-0.2, -0.15) is 11.8 Å².